The Balaban J connectivity index is 1.61. The third kappa shape index (κ3) is 3.76. The number of likely N-dealkylation sites (tertiary alicyclic amines) is 1. The SMILES string of the molecule is COc1ccccc1OCC(=O)N1CCCC[C@H]1C1OCCO1. The average molecular weight is 321 g/mol. The highest BCUT2D eigenvalue weighted by molar-refractivity contribution is 5.78. The van der Waals surface area contributed by atoms with Gasteiger partial charge in [-0.2, -0.15) is 0 Å². The highest BCUT2D eigenvalue weighted by Crippen LogP contribution is 2.27. The number of carbonyl (C=O) groups excluding carboxylic acids is 1. The predicted octanol–water partition coefficient (Wildman–Crippen LogP) is 1.83. The average Bonchev–Trinajstić information content (AvgIpc) is 3.14. The van der Waals surface area contributed by atoms with Gasteiger partial charge in [0.1, 0.15) is 0 Å². The minimum Gasteiger partial charge on any atom is -0.493 e. The third-order valence-electron chi connectivity index (χ3n) is 4.25. The van der Waals surface area contributed by atoms with Crippen molar-refractivity contribution in [3.63, 3.8) is 0 Å². The first kappa shape index (κ1) is 16.1. The van der Waals surface area contributed by atoms with Crippen molar-refractivity contribution in [2.75, 3.05) is 33.5 Å². The third-order valence-corrected chi connectivity index (χ3v) is 4.25. The molecule has 6 nitrogen and oxygen atoms in total. The van der Waals surface area contributed by atoms with E-state index in [0.717, 1.165) is 25.8 Å². The van der Waals surface area contributed by atoms with E-state index in [4.69, 9.17) is 18.9 Å². The van der Waals surface area contributed by atoms with E-state index < -0.39 is 0 Å². The first-order valence-electron chi connectivity index (χ1n) is 8.08. The number of carbonyl (C=O) groups is 1. The fourth-order valence-electron chi connectivity index (χ4n) is 3.11. The number of amides is 1. The van der Waals surface area contributed by atoms with E-state index in [0.29, 0.717) is 24.7 Å². The summed E-state index contributed by atoms with van der Waals surface area (Å²) in [5, 5.41) is 0. The molecule has 2 heterocycles. The van der Waals surface area contributed by atoms with E-state index in [2.05, 4.69) is 0 Å². The molecule has 0 radical (unpaired) electrons. The van der Waals surface area contributed by atoms with Gasteiger partial charge in [0.25, 0.3) is 5.91 Å². The number of rotatable bonds is 5. The zero-order chi connectivity index (χ0) is 16.1. The summed E-state index contributed by atoms with van der Waals surface area (Å²) in [6.45, 7) is 1.91. The number of nitrogens with zero attached hydrogens (tertiary/aromatic N) is 1. The van der Waals surface area contributed by atoms with Crippen LogP contribution in [0.1, 0.15) is 19.3 Å². The van der Waals surface area contributed by atoms with Gasteiger partial charge in [0.15, 0.2) is 24.4 Å². The Labute approximate surface area is 136 Å². The molecule has 1 amide bonds. The van der Waals surface area contributed by atoms with Crippen molar-refractivity contribution >= 4 is 5.91 Å². The molecule has 23 heavy (non-hydrogen) atoms. The van der Waals surface area contributed by atoms with Gasteiger partial charge < -0.3 is 23.8 Å². The van der Waals surface area contributed by atoms with Crippen LogP contribution in [0.2, 0.25) is 0 Å². The molecule has 0 bridgehead atoms. The molecule has 2 saturated heterocycles. The second-order valence-electron chi connectivity index (χ2n) is 5.70. The van der Waals surface area contributed by atoms with Gasteiger partial charge >= 0.3 is 0 Å². The number of hydrogen-bond acceptors (Lipinski definition) is 5. The molecule has 0 saturated carbocycles. The van der Waals surface area contributed by atoms with E-state index in [1.54, 1.807) is 13.2 Å². The van der Waals surface area contributed by atoms with Crippen LogP contribution in [0.4, 0.5) is 0 Å². The lowest BCUT2D eigenvalue weighted by Crippen LogP contribution is -2.51. The van der Waals surface area contributed by atoms with E-state index in [1.807, 2.05) is 23.1 Å². The molecule has 6 heteroatoms. The molecular formula is C17H23NO5. The summed E-state index contributed by atoms with van der Waals surface area (Å²) < 4.78 is 22.1. The summed E-state index contributed by atoms with van der Waals surface area (Å²) in [5.41, 5.74) is 0. The zero-order valence-electron chi connectivity index (χ0n) is 13.4. The molecule has 2 aliphatic rings. The monoisotopic (exact) mass is 321 g/mol. The fraction of sp³-hybridized carbons (Fsp3) is 0.588. The Bertz CT molecular complexity index is 529. The maximum absolute atomic E-state index is 12.6. The summed E-state index contributed by atoms with van der Waals surface area (Å²) >= 11 is 0. The first-order valence-corrected chi connectivity index (χ1v) is 8.08. The van der Waals surface area contributed by atoms with Gasteiger partial charge in [0, 0.05) is 6.54 Å². The molecule has 0 aromatic heterocycles. The quantitative estimate of drug-likeness (QED) is 0.828. The van der Waals surface area contributed by atoms with Crippen LogP contribution in [0.3, 0.4) is 0 Å². The lowest BCUT2D eigenvalue weighted by Gasteiger charge is -2.37. The molecule has 2 aliphatic heterocycles. The number of piperidine rings is 1. The van der Waals surface area contributed by atoms with Crippen molar-refractivity contribution in [1.29, 1.82) is 0 Å². The summed E-state index contributed by atoms with van der Waals surface area (Å²) in [5.74, 6) is 1.16. The summed E-state index contributed by atoms with van der Waals surface area (Å²) in [6.07, 6.45) is 2.70. The standard InChI is InChI=1S/C17H23NO5/c1-20-14-7-2-3-8-15(14)23-12-16(19)18-9-5-4-6-13(18)17-21-10-11-22-17/h2-3,7-8,13,17H,4-6,9-12H2,1H3/t13-/m0/s1. The van der Waals surface area contributed by atoms with Crippen LogP contribution in [-0.2, 0) is 14.3 Å². The van der Waals surface area contributed by atoms with Crippen LogP contribution in [0, 0.1) is 0 Å². The number of para-hydroxylation sites is 2. The van der Waals surface area contributed by atoms with E-state index in [1.165, 1.54) is 0 Å². The van der Waals surface area contributed by atoms with E-state index in [9.17, 15) is 4.79 Å². The van der Waals surface area contributed by atoms with Crippen LogP contribution in [0.5, 0.6) is 11.5 Å². The minimum atomic E-state index is -0.300. The number of benzene rings is 1. The summed E-state index contributed by atoms with van der Waals surface area (Å²) in [6, 6.07) is 7.31. The molecule has 1 atom stereocenters. The van der Waals surface area contributed by atoms with Crippen molar-refractivity contribution in [2.45, 2.75) is 31.6 Å². The maximum Gasteiger partial charge on any atom is 0.260 e. The van der Waals surface area contributed by atoms with Gasteiger partial charge in [0.05, 0.1) is 26.4 Å². The normalized spacial score (nSPS) is 22.1. The van der Waals surface area contributed by atoms with Crippen molar-refractivity contribution in [2.24, 2.45) is 0 Å². The smallest absolute Gasteiger partial charge is 0.260 e. The van der Waals surface area contributed by atoms with E-state index >= 15 is 0 Å². The van der Waals surface area contributed by atoms with Gasteiger partial charge in [-0.15, -0.1) is 0 Å². The Morgan fingerprint density at radius 2 is 1.96 bits per heavy atom. The van der Waals surface area contributed by atoms with Crippen molar-refractivity contribution in [1.82, 2.24) is 4.90 Å². The van der Waals surface area contributed by atoms with E-state index in [-0.39, 0.29) is 24.8 Å². The number of hydrogen-bond donors (Lipinski definition) is 0. The van der Waals surface area contributed by atoms with Crippen LogP contribution in [0.15, 0.2) is 24.3 Å². The van der Waals surface area contributed by atoms with Gasteiger partial charge in [0.2, 0.25) is 0 Å². The lowest BCUT2D eigenvalue weighted by atomic mass is 10.0. The minimum absolute atomic E-state index is 0.0103. The molecule has 0 aliphatic carbocycles. The van der Waals surface area contributed by atoms with Crippen LogP contribution >= 0.6 is 0 Å². The molecule has 0 N–H and O–H groups in total. The van der Waals surface area contributed by atoms with Gasteiger partial charge in [-0.05, 0) is 31.4 Å². The molecule has 126 valence electrons. The maximum atomic E-state index is 12.6. The largest absolute Gasteiger partial charge is 0.493 e. The van der Waals surface area contributed by atoms with Crippen LogP contribution in [-0.4, -0.2) is 56.6 Å². The fourth-order valence-corrected chi connectivity index (χ4v) is 3.11. The van der Waals surface area contributed by atoms with Gasteiger partial charge in [-0.1, -0.05) is 12.1 Å². The van der Waals surface area contributed by atoms with Crippen molar-refractivity contribution in [3.05, 3.63) is 24.3 Å². The second kappa shape index (κ2) is 7.66. The molecule has 1 aromatic rings. The predicted molar refractivity (Wildman–Crippen MR) is 83.5 cm³/mol. The van der Waals surface area contributed by atoms with Crippen molar-refractivity contribution < 1.29 is 23.7 Å². The molecule has 2 fully saturated rings. The Kier molecular flexibility index (Phi) is 5.35. The number of methoxy groups -OCH3 is 1. The van der Waals surface area contributed by atoms with Crippen LogP contribution < -0.4 is 9.47 Å². The Morgan fingerprint density at radius 3 is 2.70 bits per heavy atom. The second-order valence-corrected chi connectivity index (χ2v) is 5.70. The Morgan fingerprint density at radius 1 is 1.22 bits per heavy atom. The first-order chi connectivity index (χ1) is 11.3. The van der Waals surface area contributed by atoms with Crippen molar-refractivity contribution in [3.8, 4) is 11.5 Å². The van der Waals surface area contributed by atoms with Gasteiger partial charge in [-0.25, -0.2) is 0 Å². The molecule has 1 aromatic carbocycles. The van der Waals surface area contributed by atoms with Crippen LogP contribution in [0.25, 0.3) is 0 Å². The lowest BCUT2D eigenvalue weighted by molar-refractivity contribution is -0.152. The summed E-state index contributed by atoms with van der Waals surface area (Å²) in [7, 11) is 1.58. The van der Waals surface area contributed by atoms with Gasteiger partial charge in [-0.3, -0.25) is 4.79 Å². The number of ether oxygens (including phenoxy) is 4. The molecule has 0 spiro atoms. The Hall–Kier alpha value is -1.79. The highest BCUT2D eigenvalue weighted by atomic mass is 16.7. The molecule has 3 rings (SSSR count). The highest BCUT2D eigenvalue weighted by Gasteiger charge is 2.36. The molecule has 0 unspecified atom stereocenters. The molecular weight excluding hydrogens is 298 g/mol. The zero-order valence-corrected chi connectivity index (χ0v) is 13.4. The summed E-state index contributed by atoms with van der Waals surface area (Å²) in [4.78, 5) is 14.4. The topological polar surface area (TPSA) is 57.2 Å².